The predicted molar refractivity (Wildman–Crippen MR) is 152 cm³/mol. The molecule has 0 aliphatic rings. The van der Waals surface area contributed by atoms with Crippen LogP contribution in [-0.2, 0) is 4.79 Å². The second-order valence-corrected chi connectivity index (χ2v) is 10.3. The minimum absolute atomic E-state index is 0.0531. The van der Waals surface area contributed by atoms with Crippen LogP contribution in [0, 0.1) is 5.82 Å². The summed E-state index contributed by atoms with van der Waals surface area (Å²) in [6, 6.07) is 14.1. The number of aromatic nitrogens is 2. The Kier molecular flexibility index (Phi) is 8.58. The molecular formula is C27H23Br2FN4O4. The first-order valence-corrected chi connectivity index (χ1v) is 13.1. The predicted octanol–water partition coefficient (Wildman–Crippen LogP) is 6.09. The summed E-state index contributed by atoms with van der Waals surface area (Å²) in [5, 5.41) is 7.53. The van der Waals surface area contributed by atoms with Crippen LogP contribution in [0.3, 0.4) is 0 Å². The molecule has 0 fully saturated rings. The van der Waals surface area contributed by atoms with Crippen LogP contribution in [0.4, 0.5) is 10.1 Å². The third-order valence-electron chi connectivity index (χ3n) is 5.43. The average molecular weight is 646 g/mol. The van der Waals surface area contributed by atoms with E-state index in [-0.39, 0.29) is 18.1 Å². The zero-order valence-corrected chi connectivity index (χ0v) is 23.8. The van der Waals surface area contributed by atoms with Gasteiger partial charge in [-0.25, -0.2) is 9.37 Å². The van der Waals surface area contributed by atoms with Gasteiger partial charge in [0, 0.05) is 26.1 Å². The van der Waals surface area contributed by atoms with E-state index in [1.807, 2.05) is 19.9 Å². The number of rotatable bonds is 8. The molecule has 0 saturated heterocycles. The largest absolute Gasteiger partial charge is 0.493 e. The number of carbonyl (C=O) groups is 1. The third kappa shape index (κ3) is 6.28. The van der Waals surface area contributed by atoms with Gasteiger partial charge in [-0.05, 0) is 70.5 Å². The van der Waals surface area contributed by atoms with Crippen molar-refractivity contribution in [3.8, 4) is 11.5 Å². The minimum atomic E-state index is -0.420. The lowest BCUT2D eigenvalue weighted by atomic mass is 10.2. The molecule has 0 bridgehead atoms. The Morgan fingerprint density at radius 3 is 2.55 bits per heavy atom. The number of nitrogens with zero attached hydrogens (tertiary/aromatic N) is 3. The molecule has 0 aliphatic carbocycles. The van der Waals surface area contributed by atoms with Gasteiger partial charge >= 0.3 is 0 Å². The first-order chi connectivity index (χ1) is 18.2. The van der Waals surface area contributed by atoms with Crippen LogP contribution < -0.4 is 20.3 Å². The smallest absolute Gasteiger partial charge is 0.282 e. The van der Waals surface area contributed by atoms with Gasteiger partial charge < -0.3 is 14.8 Å². The van der Waals surface area contributed by atoms with E-state index in [0.717, 1.165) is 4.47 Å². The molecule has 4 rings (SSSR count). The van der Waals surface area contributed by atoms with Crippen LogP contribution in [0.5, 0.6) is 11.5 Å². The van der Waals surface area contributed by atoms with E-state index in [4.69, 9.17) is 9.47 Å². The first-order valence-electron chi connectivity index (χ1n) is 11.5. The molecule has 4 aromatic rings. The molecule has 0 unspecified atom stereocenters. The van der Waals surface area contributed by atoms with Crippen LogP contribution >= 0.6 is 31.9 Å². The number of fused-ring (bicyclic) bond motifs is 1. The number of amides is 1. The van der Waals surface area contributed by atoms with Gasteiger partial charge in [-0.1, -0.05) is 29.8 Å². The van der Waals surface area contributed by atoms with Crippen molar-refractivity contribution < 1.29 is 18.7 Å². The highest BCUT2D eigenvalue weighted by atomic mass is 79.9. The van der Waals surface area contributed by atoms with E-state index in [1.54, 1.807) is 24.3 Å². The molecule has 38 heavy (non-hydrogen) atoms. The molecule has 1 N–H and O–H groups in total. The number of benzene rings is 3. The standard InChI is InChI=1S/C27H23Br2FN4O4/c1-15(2)26-33-22-9-4-17(28)11-20(22)27(36)34(26)31-13-16-10-23(37-3)24(12-21(16)29)38-14-25(35)32-19-7-5-18(30)6-8-19/h4-13,15H,14H2,1-3H3,(H,32,35). The van der Waals surface area contributed by atoms with E-state index < -0.39 is 11.7 Å². The van der Waals surface area contributed by atoms with Crippen molar-refractivity contribution in [2.45, 2.75) is 19.8 Å². The molecule has 196 valence electrons. The molecule has 1 heterocycles. The monoisotopic (exact) mass is 644 g/mol. The lowest BCUT2D eigenvalue weighted by Crippen LogP contribution is -2.23. The van der Waals surface area contributed by atoms with Gasteiger partial charge in [0.1, 0.15) is 11.6 Å². The second kappa shape index (κ2) is 11.9. The highest BCUT2D eigenvalue weighted by Crippen LogP contribution is 2.33. The van der Waals surface area contributed by atoms with E-state index >= 15 is 0 Å². The van der Waals surface area contributed by atoms with Crippen molar-refractivity contribution in [1.29, 1.82) is 0 Å². The average Bonchev–Trinajstić information content (AvgIpc) is 2.89. The molecule has 8 nitrogen and oxygen atoms in total. The number of anilines is 1. The number of hydrogen-bond donors (Lipinski definition) is 1. The minimum Gasteiger partial charge on any atom is -0.493 e. The summed E-state index contributed by atoms with van der Waals surface area (Å²) in [5.41, 5.74) is 1.37. The molecule has 0 saturated carbocycles. The zero-order chi connectivity index (χ0) is 27.4. The van der Waals surface area contributed by atoms with Gasteiger partial charge in [0.05, 0.1) is 24.2 Å². The Balaban J connectivity index is 1.58. The molecule has 1 amide bonds. The van der Waals surface area contributed by atoms with Crippen molar-refractivity contribution in [3.05, 3.63) is 91.1 Å². The van der Waals surface area contributed by atoms with E-state index in [0.29, 0.717) is 43.9 Å². The number of ether oxygens (including phenoxy) is 2. The number of hydrogen-bond acceptors (Lipinski definition) is 6. The van der Waals surface area contributed by atoms with Crippen molar-refractivity contribution >= 4 is 60.6 Å². The third-order valence-corrected chi connectivity index (χ3v) is 6.61. The Hall–Kier alpha value is -3.57. The Morgan fingerprint density at radius 1 is 1.13 bits per heavy atom. The fourth-order valence-corrected chi connectivity index (χ4v) is 4.35. The lowest BCUT2D eigenvalue weighted by Gasteiger charge is -2.14. The van der Waals surface area contributed by atoms with Crippen LogP contribution in [0.1, 0.15) is 31.2 Å². The fraction of sp³-hybridized carbons (Fsp3) is 0.185. The van der Waals surface area contributed by atoms with Crippen molar-refractivity contribution in [1.82, 2.24) is 9.66 Å². The summed E-state index contributed by atoms with van der Waals surface area (Å²) in [6.45, 7) is 3.59. The summed E-state index contributed by atoms with van der Waals surface area (Å²) in [5.74, 6) is 0.340. The van der Waals surface area contributed by atoms with Crippen LogP contribution in [0.15, 0.2) is 73.4 Å². The van der Waals surface area contributed by atoms with Gasteiger partial charge in [0.15, 0.2) is 18.1 Å². The summed E-state index contributed by atoms with van der Waals surface area (Å²) >= 11 is 6.90. The Labute approximate surface area is 234 Å². The molecule has 0 spiro atoms. The number of halogens is 3. The van der Waals surface area contributed by atoms with E-state index in [1.165, 1.54) is 42.3 Å². The zero-order valence-electron chi connectivity index (χ0n) is 20.7. The molecule has 11 heteroatoms. The molecule has 0 atom stereocenters. The van der Waals surface area contributed by atoms with Gasteiger partial charge in [-0.15, -0.1) is 0 Å². The quantitative estimate of drug-likeness (QED) is 0.234. The summed E-state index contributed by atoms with van der Waals surface area (Å²) < 4.78 is 26.8. The highest BCUT2D eigenvalue weighted by molar-refractivity contribution is 9.10. The maximum Gasteiger partial charge on any atom is 0.282 e. The summed E-state index contributed by atoms with van der Waals surface area (Å²) in [6.07, 6.45) is 1.52. The molecular weight excluding hydrogens is 623 g/mol. The van der Waals surface area contributed by atoms with Gasteiger partial charge in [0.25, 0.3) is 11.5 Å². The molecule has 3 aromatic carbocycles. The maximum absolute atomic E-state index is 13.3. The van der Waals surface area contributed by atoms with E-state index in [9.17, 15) is 14.0 Å². The first kappa shape index (κ1) is 27.5. The number of methoxy groups -OCH3 is 1. The second-order valence-electron chi connectivity index (χ2n) is 8.52. The van der Waals surface area contributed by atoms with Crippen molar-refractivity contribution in [2.24, 2.45) is 5.10 Å². The lowest BCUT2D eigenvalue weighted by molar-refractivity contribution is -0.118. The van der Waals surface area contributed by atoms with Gasteiger partial charge in [0.2, 0.25) is 0 Å². The van der Waals surface area contributed by atoms with Crippen LogP contribution in [-0.4, -0.2) is 35.5 Å². The highest BCUT2D eigenvalue weighted by Gasteiger charge is 2.15. The molecule has 0 aliphatic heterocycles. The number of carbonyl (C=O) groups excluding carboxylic acids is 1. The summed E-state index contributed by atoms with van der Waals surface area (Å²) in [7, 11) is 1.47. The fourth-order valence-electron chi connectivity index (χ4n) is 3.57. The normalized spacial score (nSPS) is 11.3. The Morgan fingerprint density at radius 2 is 1.87 bits per heavy atom. The van der Waals surface area contributed by atoms with Crippen molar-refractivity contribution in [2.75, 3.05) is 19.0 Å². The topological polar surface area (TPSA) is 94.8 Å². The van der Waals surface area contributed by atoms with Gasteiger partial charge in [-0.2, -0.15) is 9.78 Å². The molecule has 1 aromatic heterocycles. The number of nitrogens with one attached hydrogen (secondary N) is 1. The summed E-state index contributed by atoms with van der Waals surface area (Å²) in [4.78, 5) is 30.2. The van der Waals surface area contributed by atoms with Crippen LogP contribution in [0.2, 0.25) is 0 Å². The van der Waals surface area contributed by atoms with Gasteiger partial charge in [-0.3, -0.25) is 9.59 Å². The van der Waals surface area contributed by atoms with Crippen molar-refractivity contribution in [3.63, 3.8) is 0 Å². The van der Waals surface area contributed by atoms with E-state index in [2.05, 4.69) is 47.3 Å². The SMILES string of the molecule is COc1cc(C=Nn2c(C(C)C)nc3ccc(Br)cc3c2=O)c(Br)cc1OCC(=O)Nc1ccc(F)cc1. The van der Waals surface area contributed by atoms with Crippen LogP contribution in [0.25, 0.3) is 10.9 Å². The molecule has 0 radical (unpaired) electrons. The maximum atomic E-state index is 13.3. The Bertz CT molecular complexity index is 1590.